The molecule has 0 unspecified atom stereocenters. The lowest BCUT2D eigenvalue weighted by molar-refractivity contribution is -0.118. The highest BCUT2D eigenvalue weighted by Gasteiger charge is 2.20. The van der Waals surface area contributed by atoms with E-state index in [1.807, 2.05) is 13.8 Å². The number of benzene rings is 1. The quantitative estimate of drug-likeness (QED) is 0.805. The smallest absolute Gasteiger partial charge is 0.256 e. The van der Waals surface area contributed by atoms with Gasteiger partial charge in [-0.3, -0.25) is 9.59 Å². The van der Waals surface area contributed by atoms with Crippen LogP contribution < -0.4 is 11.5 Å². The van der Waals surface area contributed by atoms with E-state index in [1.54, 1.807) is 18.2 Å². The van der Waals surface area contributed by atoms with Crippen molar-refractivity contribution >= 4 is 33.4 Å². The number of primary amides is 1. The maximum absolute atomic E-state index is 12.4. The van der Waals surface area contributed by atoms with E-state index in [0.29, 0.717) is 17.8 Å². The van der Waals surface area contributed by atoms with E-state index in [9.17, 15) is 9.59 Å². The second kappa shape index (κ2) is 6.56. The molecule has 0 aromatic heterocycles. The molecule has 19 heavy (non-hydrogen) atoms. The first-order chi connectivity index (χ1) is 8.81. The second-order valence-corrected chi connectivity index (χ2v) is 5.69. The first-order valence-electron chi connectivity index (χ1n) is 5.94. The number of nitrogen functional groups attached to an aromatic ring is 1. The van der Waals surface area contributed by atoms with E-state index >= 15 is 0 Å². The first-order valence-corrected chi connectivity index (χ1v) is 6.73. The second-order valence-electron chi connectivity index (χ2n) is 4.78. The molecule has 0 aliphatic carbocycles. The number of halogens is 1. The van der Waals surface area contributed by atoms with Gasteiger partial charge in [-0.1, -0.05) is 29.8 Å². The van der Waals surface area contributed by atoms with Crippen LogP contribution in [0.5, 0.6) is 0 Å². The molecule has 0 aliphatic heterocycles. The van der Waals surface area contributed by atoms with E-state index in [2.05, 4.69) is 15.9 Å². The molecule has 4 N–H and O–H groups in total. The number of amides is 2. The van der Waals surface area contributed by atoms with E-state index in [1.165, 1.54) is 4.90 Å². The zero-order valence-electron chi connectivity index (χ0n) is 11.0. The van der Waals surface area contributed by atoms with Gasteiger partial charge in [0.25, 0.3) is 5.91 Å². The highest BCUT2D eigenvalue weighted by atomic mass is 79.9. The number of hydrogen-bond acceptors (Lipinski definition) is 3. The van der Waals surface area contributed by atoms with Crippen LogP contribution in [-0.2, 0) is 4.79 Å². The van der Waals surface area contributed by atoms with Crippen molar-refractivity contribution in [2.24, 2.45) is 11.7 Å². The van der Waals surface area contributed by atoms with Crippen LogP contribution in [0.25, 0.3) is 0 Å². The van der Waals surface area contributed by atoms with Gasteiger partial charge >= 0.3 is 0 Å². The SMILES string of the molecule is CC(C)CN(CC(N)=O)C(=O)c1cc(Br)ccc1N. The van der Waals surface area contributed by atoms with Gasteiger partial charge in [0.15, 0.2) is 0 Å². The molecular weight excluding hydrogens is 310 g/mol. The van der Waals surface area contributed by atoms with Crippen molar-refractivity contribution in [3.05, 3.63) is 28.2 Å². The van der Waals surface area contributed by atoms with Crippen molar-refractivity contribution in [2.45, 2.75) is 13.8 Å². The molecule has 2 amide bonds. The Bertz CT molecular complexity index is 489. The Morgan fingerprint density at radius 2 is 2.00 bits per heavy atom. The van der Waals surface area contributed by atoms with Gasteiger partial charge in [-0.25, -0.2) is 0 Å². The molecule has 0 spiro atoms. The van der Waals surface area contributed by atoms with Gasteiger partial charge in [-0.15, -0.1) is 0 Å². The number of nitrogens with two attached hydrogens (primary N) is 2. The lowest BCUT2D eigenvalue weighted by Gasteiger charge is -2.23. The summed E-state index contributed by atoms with van der Waals surface area (Å²) in [6, 6.07) is 5.05. The zero-order valence-corrected chi connectivity index (χ0v) is 12.6. The van der Waals surface area contributed by atoms with Crippen LogP contribution in [0.2, 0.25) is 0 Å². The third kappa shape index (κ3) is 4.55. The topological polar surface area (TPSA) is 89.4 Å². The van der Waals surface area contributed by atoms with Crippen LogP contribution in [0.4, 0.5) is 5.69 Å². The van der Waals surface area contributed by atoms with Crippen LogP contribution in [0, 0.1) is 5.92 Å². The van der Waals surface area contributed by atoms with Gasteiger partial charge in [0.2, 0.25) is 5.91 Å². The Morgan fingerprint density at radius 3 is 2.53 bits per heavy atom. The minimum atomic E-state index is -0.539. The highest BCUT2D eigenvalue weighted by molar-refractivity contribution is 9.10. The molecule has 0 atom stereocenters. The van der Waals surface area contributed by atoms with Crippen LogP contribution in [0.3, 0.4) is 0 Å². The fourth-order valence-corrected chi connectivity index (χ4v) is 2.09. The summed E-state index contributed by atoms with van der Waals surface area (Å²) in [6.45, 7) is 4.27. The average molecular weight is 328 g/mol. The first kappa shape index (κ1) is 15.5. The summed E-state index contributed by atoms with van der Waals surface area (Å²) in [5.74, 6) is -0.592. The molecule has 1 rings (SSSR count). The number of hydrogen-bond donors (Lipinski definition) is 2. The third-order valence-electron chi connectivity index (χ3n) is 2.47. The molecule has 5 nitrogen and oxygen atoms in total. The van der Waals surface area contributed by atoms with Crippen molar-refractivity contribution in [3.8, 4) is 0 Å². The molecule has 0 bridgehead atoms. The maximum Gasteiger partial charge on any atom is 0.256 e. The third-order valence-corrected chi connectivity index (χ3v) is 2.96. The molecule has 1 aromatic carbocycles. The predicted octanol–water partition coefficient (Wildman–Crippen LogP) is 1.61. The molecule has 6 heteroatoms. The Labute approximate surface area is 121 Å². The van der Waals surface area contributed by atoms with Crippen molar-refractivity contribution in [3.63, 3.8) is 0 Å². The Balaban J connectivity index is 3.03. The van der Waals surface area contributed by atoms with Gasteiger partial charge in [0.05, 0.1) is 12.1 Å². The van der Waals surface area contributed by atoms with E-state index in [0.717, 1.165) is 4.47 Å². The van der Waals surface area contributed by atoms with Crippen molar-refractivity contribution in [1.29, 1.82) is 0 Å². The summed E-state index contributed by atoms with van der Waals surface area (Å²) in [5.41, 5.74) is 11.7. The van der Waals surface area contributed by atoms with Crippen LogP contribution in [0.1, 0.15) is 24.2 Å². The van der Waals surface area contributed by atoms with E-state index in [-0.39, 0.29) is 18.4 Å². The normalized spacial score (nSPS) is 10.5. The molecule has 0 heterocycles. The molecular formula is C13H18BrN3O2. The van der Waals surface area contributed by atoms with Crippen molar-refractivity contribution < 1.29 is 9.59 Å². The molecule has 104 valence electrons. The van der Waals surface area contributed by atoms with Crippen molar-refractivity contribution in [1.82, 2.24) is 4.90 Å². The maximum atomic E-state index is 12.4. The predicted molar refractivity (Wildman–Crippen MR) is 78.5 cm³/mol. The minimum absolute atomic E-state index is 0.108. The zero-order chi connectivity index (χ0) is 14.6. The molecule has 1 aromatic rings. The summed E-state index contributed by atoms with van der Waals surface area (Å²) in [5, 5.41) is 0. The molecule has 0 aliphatic rings. The summed E-state index contributed by atoms with van der Waals surface area (Å²) in [7, 11) is 0. The Hall–Kier alpha value is -1.56. The number of nitrogens with zero attached hydrogens (tertiary/aromatic N) is 1. The average Bonchev–Trinajstić information content (AvgIpc) is 2.29. The summed E-state index contributed by atoms with van der Waals surface area (Å²) < 4.78 is 0.758. The largest absolute Gasteiger partial charge is 0.398 e. The van der Waals surface area contributed by atoms with Crippen LogP contribution in [0.15, 0.2) is 22.7 Å². The lowest BCUT2D eigenvalue weighted by atomic mass is 10.1. The summed E-state index contributed by atoms with van der Waals surface area (Å²) in [6.07, 6.45) is 0. The van der Waals surface area contributed by atoms with Crippen LogP contribution in [-0.4, -0.2) is 29.8 Å². The molecule has 0 fully saturated rings. The molecule has 0 radical (unpaired) electrons. The summed E-state index contributed by atoms with van der Waals surface area (Å²) >= 11 is 3.30. The number of carbonyl (C=O) groups excluding carboxylic acids is 2. The highest BCUT2D eigenvalue weighted by Crippen LogP contribution is 2.20. The Morgan fingerprint density at radius 1 is 1.37 bits per heavy atom. The monoisotopic (exact) mass is 327 g/mol. The lowest BCUT2D eigenvalue weighted by Crippen LogP contribution is -2.40. The molecule has 0 saturated carbocycles. The van der Waals surface area contributed by atoms with E-state index < -0.39 is 5.91 Å². The summed E-state index contributed by atoms with van der Waals surface area (Å²) in [4.78, 5) is 24.9. The van der Waals surface area contributed by atoms with Crippen molar-refractivity contribution in [2.75, 3.05) is 18.8 Å². The van der Waals surface area contributed by atoms with Gasteiger partial charge in [0, 0.05) is 16.7 Å². The Kier molecular flexibility index (Phi) is 5.35. The van der Waals surface area contributed by atoms with Crippen LogP contribution >= 0.6 is 15.9 Å². The fourth-order valence-electron chi connectivity index (χ4n) is 1.73. The standard InChI is InChI=1S/C13H18BrN3O2/c1-8(2)6-17(7-12(16)18)13(19)10-5-9(14)3-4-11(10)15/h3-5,8H,6-7,15H2,1-2H3,(H2,16,18). The van der Waals surface area contributed by atoms with Gasteiger partial charge in [-0.05, 0) is 24.1 Å². The van der Waals surface area contributed by atoms with E-state index in [4.69, 9.17) is 11.5 Å². The number of anilines is 1. The fraction of sp³-hybridized carbons (Fsp3) is 0.385. The number of rotatable bonds is 5. The minimum Gasteiger partial charge on any atom is -0.398 e. The van der Waals surface area contributed by atoms with Gasteiger partial charge < -0.3 is 16.4 Å². The number of carbonyl (C=O) groups is 2. The van der Waals surface area contributed by atoms with Gasteiger partial charge in [0.1, 0.15) is 0 Å². The van der Waals surface area contributed by atoms with Gasteiger partial charge in [-0.2, -0.15) is 0 Å². The molecule has 0 saturated heterocycles.